The number of fused-ring (bicyclic) bond motifs is 4. The lowest BCUT2D eigenvalue weighted by Gasteiger charge is -2.29. The number of nitrogens with one attached hydrogen (secondary N) is 1. The van der Waals surface area contributed by atoms with Crippen molar-refractivity contribution in [1.82, 2.24) is 9.62 Å². The van der Waals surface area contributed by atoms with Crippen LogP contribution in [0.15, 0.2) is 42.5 Å². The first kappa shape index (κ1) is 19.9. The van der Waals surface area contributed by atoms with Gasteiger partial charge in [-0.1, -0.05) is 30.3 Å². The lowest BCUT2D eigenvalue weighted by Crippen LogP contribution is -2.31. The van der Waals surface area contributed by atoms with Crippen molar-refractivity contribution in [3.63, 3.8) is 0 Å². The van der Waals surface area contributed by atoms with Crippen molar-refractivity contribution in [2.24, 2.45) is 11.3 Å². The molecule has 2 aromatic rings. The minimum Gasteiger partial charge on any atom is -0.296 e. The summed E-state index contributed by atoms with van der Waals surface area (Å²) in [5, 5.41) is 0. The van der Waals surface area contributed by atoms with Crippen LogP contribution in [0.3, 0.4) is 0 Å². The third-order valence-corrected chi connectivity index (χ3v) is 9.58. The molecule has 1 aliphatic heterocycles. The predicted molar refractivity (Wildman–Crippen MR) is 119 cm³/mol. The Labute approximate surface area is 183 Å². The summed E-state index contributed by atoms with van der Waals surface area (Å²) in [6.45, 7) is 0.446. The highest BCUT2D eigenvalue weighted by molar-refractivity contribution is 7.89. The Morgan fingerprint density at radius 1 is 1.13 bits per heavy atom. The van der Waals surface area contributed by atoms with Gasteiger partial charge in [0.1, 0.15) is 5.82 Å². The maximum Gasteiger partial charge on any atom is 0.211 e. The molecule has 3 atom stereocenters. The molecule has 6 heteroatoms. The van der Waals surface area contributed by atoms with Crippen molar-refractivity contribution in [3.05, 3.63) is 70.5 Å². The van der Waals surface area contributed by atoms with E-state index in [2.05, 4.69) is 34.9 Å². The second-order valence-electron chi connectivity index (χ2n) is 10.1. The first-order valence-corrected chi connectivity index (χ1v) is 13.1. The molecule has 164 valence electrons. The molecular weight excluding hydrogens is 411 g/mol. The maximum absolute atomic E-state index is 13.8. The fourth-order valence-corrected chi connectivity index (χ4v) is 7.77. The van der Waals surface area contributed by atoms with Crippen LogP contribution in [-0.2, 0) is 29.3 Å². The summed E-state index contributed by atoms with van der Waals surface area (Å²) in [6.07, 6.45) is 4.75. The molecule has 31 heavy (non-hydrogen) atoms. The molecule has 6 rings (SSSR count). The Balaban J connectivity index is 1.20. The summed E-state index contributed by atoms with van der Waals surface area (Å²) in [6, 6.07) is 15.0. The summed E-state index contributed by atoms with van der Waals surface area (Å²) >= 11 is 0. The topological polar surface area (TPSA) is 49.2 Å². The van der Waals surface area contributed by atoms with E-state index in [0.717, 1.165) is 31.2 Å². The second-order valence-corrected chi connectivity index (χ2v) is 12.0. The van der Waals surface area contributed by atoms with Gasteiger partial charge in [-0.2, -0.15) is 0 Å². The van der Waals surface area contributed by atoms with E-state index in [1.54, 1.807) is 12.1 Å². The van der Waals surface area contributed by atoms with E-state index in [9.17, 15) is 12.8 Å². The van der Waals surface area contributed by atoms with Crippen LogP contribution in [0.25, 0.3) is 0 Å². The molecule has 1 saturated heterocycles. The van der Waals surface area contributed by atoms with Gasteiger partial charge in [0.2, 0.25) is 10.0 Å². The highest BCUT2D eigenvalue weighted by Crippen LogP contribution is 2.76. The molecule has 1 spiro atoms. The van der Waals surface area contributed by atoms with Crippen molar-refractivity contribution in [2.45, 2.75) is 50.1 Å². The number of likely N-dealkylation sites (N-methyl/N-ethyl adjacent to an activating group) is 1. The van der Waals surface area contributed by atoms with Crippen molar-refractivity contribution in [3.8, 4) is 0 Å². The minimum absolute atomic E-state index is 0.171. The predicted octanol–water partition coefficient (Wildman–Crippen LogP) is 3.26. The van der Waals surface area contributed by atoms with Crippen LogP contribution >= 0.6 is 0 Å². The number of hydrogen-bond donors (Lipinski definition) is 1. The van der Waals surface area contributed by atoms with Crippen molar-refractivity contribution in [1.29, 1.82) is 0 Å². The normalized spacial score (nSPS) is 32.7. The maximum atomic E-state index is 13.8. The minimum atomic E-state index is -3.16. The molecule has 3 unspecified atom stereocenters. The van der Waals surface area contributed by atoms with Crippen LogP contribution in [0, 0.1) is 17.2 Å². The number of likely N-dealkylation sites (tertiary alicyclic amines) is 1. The zero-order valence-electron chi connectivity index (χ0n) is 17.9. The monoisotopic (exact) mass is 440 g/mol. The van der Waals surface area contributed by atoms with Crippen LogP contribution in [0.5, 0.6) is 0 Å². The largest absolute Gasteiger partial charge is 0.296 e. The first-order chi connectivity index (χ1) is 14.9. The highest BCUT2D eigenvalue weighted by atomic mass is 32.2. The highest BCUT2D eigenvalue weighted by Gasteiger charge is 2.84. The van der Waals surface area contributed by atoms with E-state index >= 15 is 0 Å². The fraction of sp³-hybridized carbons (Fsp3) is 0.520. The van der Waals surface area contributed by atoms with Gasteiger partial charge in [0.05, 0.1) is 5.75 Å². The van der Waals surface area contributed by atoms with Crippen molar-refractivity contribution < 1.29 is 12.8 Å². The van der Waals surface area contributed by atoms with Gasteiger partial charge in [0, 0.05) is 24.0 Å². The van der Waals surface area contributed by atoms with Gasteiger partial charge >= 0.3 is 0 Å². The summed E-state index contributed by atoms with van der Waals surface area (Å²) in [5.74, 6) is 0.864. The van der Waals surface area contributed by atoms with E-state index in [4.69, 9.17) is 0 Å². The van der Waals surface area contributed by atoms with E-state index in [1.807, 2.05) is 6.07 Å². The summed E-state index contributed by atoms with van der Waals surface area (Å²) in [7, 11) is -0.966. The van der Waals surface area contributed by atoms with Gasteiger partial charge in [-0.3, -0.25) is 4.90 Å². The molecule has 1 N–H and O–H groups in total. The number of halogens is 1. The van der Waals surface area contributed by atoms with Gasteiger partial charge in [-0.15, -0.1) is 0 Å². The fourth-order valence-electron chi connectivity index (χ4n) is 6.29. The average molecular weight is 441 g/mol. The Hall–Kier alpha value is -1.76. The zero-order chi connectivity index (χ0) is 21.4. The number of hydrogen-bond acceptors (Lipinski definition) is 3. The lowest BCUT2D eigenvalue weighted by atomic mass is 9.81. The summed E-state index contributed by atoms with van der Waals surface area (Å²) in [4.78, 5) is 2.44. The molecule has 0 radical (unpaired) electrons. The van der Waals surface area contributed by atoms with Crippen molar-refractivity contribution in [2.75, 3.05) is 19.3 Å². The van der Waals surface area contributed by atoms with Gasteiger partial charge in [0.15, 0.2) is 0 Å². The van der Waals surface area contributed by atoms with Gasteiger partial charge < -0.3 is 0 Å². The van der Waals surface area contributed by atoms with E-state index < -0.39 is 10.0 Å². The third kappa shape index (κ3) is 3.43. The molecule has 4 nitrogen and oxygen atoms in total. The number of sulfonamides is 1. The number of rotatable bonds is 8. The van der Waals surface area contributed by atoms with E-state index in [0.29, 0.717) is 42.3 Å². The molecule has 0 bridgehead atoms. The summed E-state index contributed by atoms with van der Waals surface area (Å²) in [5.41, 5.74) is 5.36. The van der Waals surface area contributed by atoms with Crippen LogP contribution in [-0.4, -0.2) is 44.7 Å². The molecule has 4 aliphatic rings. The molecule has 1 heterocycles. The van der Waals surface area contributed by atoms with Gasteiger partial charge in [-0.25, -0.2) is 17.5 Å². The Morgan fingerprint density at radius 3 is 2.65 bits per heavy atom. The Morgan fingerprint density at radius 2 is 1.94 bits per heavy atom. The molecule has 3 fully saturated rings. The molecular formula is C25H29FN2O2S. The Bertz CT molecular complexity index is 1130. The molecule has 0 aromatic heterocycles. The third-order valence-electron chi connectivity index (χ3n) is 8.03. The SMILES string of the molecule is CN1C2C1C21Cc2ccc(CCNS(=O)(=O)CC3CC3)cc2C1Cc1cccc(F)c1. The van der Waals surface area contributed by atoms with Gasteiger partial charge in [-0.05, 0) is 85.4 Å². The molecule has 2 saturated carbocycles. The quantitative estimate of drug-likeness (QED) is 0.641. The van der Waals surface area contributed by atoms with Crippen LogP contribution in [0.1, 0.15) is 41.0 Å². The number of nitrogens with zero attached hydrogens (tertiary/aromatic N) is 1. The van der Waals surface area contributed by atoms with Crippen LogP contribution in [0.2, 0.25) is 0 Å². The van der Waals surface area contributed by atoms with Gasteiger partial charge in [0.25, 0.3) is 0 Å². The standard InChI is InChI=1S/C25H29FN2O2S/c1-28-23-24(28)25(23)14-19-8-7-16(9-10-27-31(29,30)15-17-5-6-17)12-21(19)22(25)13-18-3-2-4-20(26)11-18/h2-4,7-8,11-12,17,22-24,27H,5-6,9-10,13-15H2,1H3. The summed E-state index contributed by atoms with van der Waals surface area (Å²) < 4.78 is 40.9. The number of benzene rings is 2. The molecule has 0 amide bonds. The second kappa shape index (κ2) is 6.87. The van der Waals surface area contributed by atoms with E-state index in [1.165, 1.54) is 22.8 Å². The Kier molecular flexibility index (Phi) is 4.41. The first-order valence-electron chi connectivity index (χ1n) is 11.4. The molecule has 2 aromatic carbocycles. The van der Waals surface area contributed by atoms with Crippen LogP contribution < -0.4 is 4.72 Å². The van der Waals surface area contributed by atoms with Crippen LogP contribution in [0.4, 0.5) is 4.39 Å². The molecule has 3 aliphatic carbocycles. The smallest absolute Gasteiger partial charge is 0.211 e. The lowest BCUT2D eigenvalue weighted by molar-refractivity contribution is 0.226. The average Bonchev–Trinajstić information content (AvgIpc) is 3.65. The zero-order valence-corrected chi connectivity index (χ0v) is 18.7. The van der Waals surface area contributed by atoms with E-state index in [-0.39, 0.29) is 11.6 Å². The van der Waals surface area contributed by atoms with Crippen molar-refractivity contribution >= 4 is 10.0 Å².